The van der Waals surface area contributed by atoms with E-state index in [0.717, 1.165) is 0 Å². The van der Waals surface area contributed by atoms with Gasteiger partial charge in [-0.15, -0.1) is 0 Å². The van der Waals surface area contributed by atoms with Crippen LogP contribution in [0.1, 0.15) is 41.4 Å². The molecule has 0 spiro atoms. The Labute approximate surface area is 338 Å². The number of aromatic carboxylic acids is 4. The van der Waals surface area contributed by atoms with Gasteiger partial charge in [0.25, 0.3) is 0 Å². The zero-order valence-electron chi connectivity index (χ0n) is 30.9. The maximum Gasteiger partial charge on any atom is 0.336 e. The van der Waals surface area contributed by atoms with E-state index in [-0.39, 0.29) is 89.1 Å². The van der Waals surface area contributed by atoms with Gasteiger partial charge in [0.1, 0.15) is 46.0 Å². The number of carbonyl (C=O) groups is 4. The molecule has 0 radical (unpaired) electrons. The molecular weight excluding hydrogens is 769 g/mol. The molecule has 0 aliphatic heterocycles. The summed E-state index contributed by atoms with van der Waals surface area (Å²) in [6.07, 6.45) is 0. The van der Waals surface area contributed by atoms with Crippen molar-refractivity contribution in [2.75, 3.05) is 0 Å². The summed E-state index contributed by atoms with van der Waals surface area (Å²) in [7, 11) is 0. The fourth-order valence-corrected chi connectivity index (χ4v) is 7.62. The first kappa shape index (κ1) is 37.0. The summed E-state index contributed by atoms with van der Waals surface area (Å²) in [4.78, 5) is 53.3. The Hall–Kier alpha value is -8.64. The number of hydrogen-bond acceptors (Lipinski definition) is 8. The van der Waals surface area contributed by atoms with E-state index in [1.54, 1.807) is 121 Å². The van der Waals surface area contributed by atoms with Gasteiger partial charge in [-0.25, -0.2) is 19.2 Å². The van der Waals surface area contributed by atoms with Crippen LogP contribution in [0.2, 0.25) is 0 Å². The quantitative estimate of drug-likeness (QED) is 0.0678. The fourth-order valence-electron chi connectivity index (χ4n) is 7.62. The van der Waals surface area contributed by atoms with E-state index < -0.39 is 46.1 Å². The summed E-state index contributed by atoms with van der Waals surface area (Å²) in [5.41, 5.74) is -1.76. The lowest BCUT2D eigenvalue weighted by Crippen LogP contribution is -2.10. The van der Waals surface area contributed by atoms with Gasteiger partial charge in [-0.05, 0) is 72.8 Å². The van der Waals surface area contributed by atoms with Crippen molar-refractivity contribution in [2.24, 2.45) is 0 Å². The molecule has 0 aliphatic carbocycles. The number of para-hydroxylation sites is 4. The topological polar surface area (TPSA) is 186 Å². The predicted molar refractivity (Wildman–Crippen MR) is 222 cm³/mol. The number of carboxylic acid groups (broad SMARTS) is 4. The van der Waals surface area contributed by atoms with E-state index in [1.807, 2.05) is 0 Å². The molecule has 0 atom stereocenters. The lowest BCUT2D eigenvalue weighted by atomic mass is 9.82. The van der Waals surface area contributed by atoms with Gasteiger partial charge >= 0.3 is 23.9 Å². The second-order valence-electron chi connectivity index (χ2n) is 13.6. The minimum atomic E-state index is -1.48. The average molecular weight is 797 g/mol. The second kappa shape index (κ2) is 14.7. The molecule has 0 aromatic heterocycles. The smallest absolute Gasteiger partial charge is 0.336 e. The minimum absolute atomic E-state index is 0.0161. The van der Waals surface area contributed by atoms with Gasteiger partial charge in [0.05, 0.1) is 22.3 Å². The Balaban J connectivity index is 1.63. The highest BCUT2D eigenvalue weighted by Crippen LogP contribution is 2.56. The molecule has 9 rings (SSSR count). The van der Waals surface area contributed by atoms with Crippen LogP contribution in [0.4, 0.5) is 0 Å². The van der Waals surface area contributed by atoms with Gasteiger partial charge in [0.2, 0.25) is 0 Å². The van der Waals surface area contributed by atoms with Crippen molar-refractivity contribution in [3.63, 3.8) is 0 Å². The first-order chi connectivity index (χ1) is 29.1. The highest BCUT2D eigenvalue weighted by atomic mass is 16.5. The van der Waals surface area contributed by atoms with Crippen molar-refractivity contribution < 1.29 is 58.6 Å². The van der Waals surface area contributed by atoms with Crippen LogP contribution >= 0.6 is 0 Å². The Morgan fingerprint density at radius 2 is 0.483 bits per heavy atom. The summed E-state index contributed by atoms with van der Waals surface area (Å²) in [5.74, 6) is -5.25. The molecule has 292 valence electrons. The third-order valence-electron chi connectivity index (χ3n) is 9.97. The molecule has 0 saturated heterocycles. The molecule has 4 N–H and O–H groups in total. The standard InChI is InChI=1S/C48H28O12/c49-45(50)29-21-33(57-25-13-5-1-6-14-25)39-40-34(58-26-15-7-2-8-16-26)22-31(47(53)54)38-32(48(55)56)24-36(60-28-19-11-4-12-20-28)42(44(38)40)41-35(59-27-17-9-3-10-18-27)23-30(46(51)52)37(29)43(39)41/h1-24H,(H,49,50)(H,51,52)(H,53,54)(H,55,56). The molecular formula is C48H28O12. The molecule has 9 aromatic rings. The fraction of sp³-hybridized carbons (Fsp3) is 0. The van der Waals surface area contributed by atoms with Gasteiger partial charge in [-0.2, -0.15) is 0 Å². The summed E-state index contributed by atoms with van der Waals surface area (Å²) >= 11 is 0. The third kappa shape index (κ3) is 6.30. The van der Waals surface area contributed by atoms with E-state index in [9.17, 15) is 39.6 Å². The maximum absolute atomic E-state index is 13.3. The Bertz CT molecular complexity index is 2760. The first-order valence-corrected chi connectivity index (χ1v) is 18.3. The van der Waals surface area contributed by atoms with Crippen LogP contribution in [-0.2, 0) is 0 Å². The van der Waals surface area contributed by atoms with Crippen LogP contribution in [0, 0.1) is 0 Å². The number of fused-ring (bicyclic) bond motifs is 2. The van der Waals surface area contributed by atoms with Crippen molar-refractivity contribution in [2.45, 2.75) is 0 Å². The Morgan fingerprint density at radius 1 is 0.283 bits per heavy atom. The molecule has 0 amide bonds. The van der Waals surface area contributed by atoms with Crippen LogP contribution in [0.5, 0.6) is 46.0 Å². The van der Waals surface area contributed by atoms with Gasteiger partial charge in [0.15, 0.2) is 0 Å². The molecule has 0 heterocycles. The van der Waals surface area contributed by atoms with E-state index in [1.165, 1.54) is 24.3 Å². The van der Waals surface area contributed by atoms with E-state index in [0.29, 0.717) is 0 Å². The lowest BCUT2D eigenvalue weighted by molar-refractivity contribution is 0.0680. The van der Waals surface area contributed by atoms with Crippen molar-refractivity contribution in [1.29, 1.82) is 0 Å². The van der Waals surface area contributed by atoms with E-state index >= 15 is 0 Å². The van der Waals surface area contributed by atoms with Gasteiger partial charge in [-0.1, -0.05) is 72.8 Å². The Morgan fingerprint density at radius 3 is 0.667 bits per heavy atom. The lowest BCUT2D eigenvalue weighted by Gasteiger charge is -2.25. The summed E-state index contributed by atoms with van der Waals surface area (Å²) < 4.78 is 26.0. The van der Waals surface area contributed by atoms with Crippen LogP contribution < -0.4 is 18.9 Å². The highest BCUT2D eigenvalue weighted by Gasteiger charge is 2.34. The normalized spacial score (nSPS) is 11.2. The monoisotopic (exact) mass is 796 g/mol. The molecule has 0 saturated carbocycles. The zero-order valence-corrected chi connectivity index (χ0v) is 30.9. The third-order valence-corrected chi connectivity index (χ3v) is 9.97. The number of hydrogen-bond donors (Lipinski definition) is 4. The number of rotatable bonds is 12. The summed E-state index contributed by atoms with van der Waals surface area (Å²) in [6.45, 7) is 0. The number of carboxylic acids is 4. The predicted octanol–water partition coefficient (Wildman–Crippen LogP) is 11.7. The molecule has 0 aliphatic rings. The second-order valence-corrected chi connectivity index (χ2v) is 13.6. The molecule has 60 heavy (non-hydrogen) atoms. The zero-order chi connectivity index (χ0) is 41.7. The molecule has 0 unspecified atom stereocenters. The molecule has 0 fully saturated rings. The van der Waals surface area contributed by atoms with Gasteiger partial charge in [-0.3, -0.25) is 0 Å². The van der Waals surface area contributed by atoms with Crippen molar-refractivity contribution >= 4 is 67.0 Å². The summed E-state index contributed by atoms with van der Waals surface area (Å²) in [5, 5.41) is 43.2. The highest BCUT2D eigenvalue weighted by molar-refractivity contribution is 6.42. The minimum Gasteiger partial charge on any atom is -0.478 e. The molecule has 0 bridgehead atoms. The van der Waals surface area contributed by atoms with Crippen molar-refractivity contribution in [3.05, 3.63) is 168 Å². The maximum atomic E-state index is 13.3. The molecule has 9 aromatic carbocycles. The van der Waals surface area contributed by atoms with Crippen LogP contribution in [0.15, 0.2) is 146 Å². The number of ether oxygens (including phenoxy) is 4. The van der Waals surface area contributed by atoms with Crippen LogP contribution in [0.3, 0.4) is 0 Å². The van der Waals surface area contributed by atoms with Crippen molar-refractivity contribution in [3.8, 4) is 46.0 Å². The molecule has 12 heteroatoms. The summed E-state index contributed by atoms with van der Waals surface area (Å²) in [6, 6.07) is 38.4. The van der Waals surface area contributed by atoms with Gasteiger partial charge < -0.3 is 39.4 Å². The van der Waals surface area contributed by atoms with Crippen LogP contribution in [-0.4, -0.2) is 44.3 Å². The van der Waals surface area contributed by atoms with E-state index in [4.69, 9.17) is 18.9 Å². The van der Waals surface area contributed by atoms with Gasteiger partial charge in [0, 0.05) is 43.1 Å². The first-order valence-electron chi connectivity index (χ1n) is 18.3. The molecule has 12 nitrogen and oxygen atoms in total. The number of benzene rings is 9. The van der Waals surface area contributed by atoms with Crippen LogP contribution in [0.25, 0.3) is 43.1 Å². The largest absolute Gasteiger partial charge is 0.478 e. The van der Waals surface area contributed by atoms with E-state index in [2.05, 4.69) is 0 Å². The SMILES string of the molecule is O=C(O)c1cc(Oc2ccccc2)c2c3c(Oc4ccccc4)cc(C(=O)O)c4c(C(=O)O)cc(Oc5ccccc5)c(c5c(Oc6ccccc6)cc(C(=O)O)c1c25)c43. The average Bonchev–Trinajstić information content (AvgIpc) is 3.24. The van der Waals surface area contributed by atoms with Crippen molar-refractivity contribution in [1.82, 2.24) is 0 Å². The Kier molecular flexibility index (Phi) is 9.06.